The van der Waals surface area contributed by atoms with Crippen LogP contribution in [-0.4, -0.2) is 47.3 Å². The lowest BCUT2D eigenvalue weighted by molar-refractivity contribution is 0.107. The number of nitrogens with zero attached hydrogens (tertiary/aromatic N) is 1. The first-order chi connectivity index (χ1) is 8.02. The van der Waals surface area contributed by atoms with E-state index in [1.807, 2.05) is 0 Å². The number of hydrogen-bond acceptors (Lipinski definition) is 3. The lowest BCUT2D eigenvalue weighted by Gasteiger charge is -2.36. The van der Waals surface area contributed by atoms with Gasteiger partial charge in [0.05, 0.1) is 12.1 Å². The largest absolute Gasteiger partial charge is 0.394 e. The Kier molecular flexibility index (Phi) is 4.11. The van der Waals surface area contributed by atoms with Crippen LogP contribution in [0.3, 0.4) is 0 Å². The van der Waals surface area contributed by atoms with Crippen molar-refractivity contribution in [1.82, 2.24) is 10.2 Å². The normalized spacial score (nSPS) is 24.4. The van der Waals surface area contributed by atoms with Gasteiger partial charge in [0.25, 0.3) is 0 Å². The zero-order chi connectivity index (χ0) is 12.5. The minimum Gasteiger partial charge on any atom is -0.394 e. The van der Waals surface area contributed by atoms with E-state index in [-0.39, 0.29) is 12.1 Å². The molecule has 100 valence electrons. The maximum absolute atomic E-state index is 9.66. The van der Waals surface area contributed by atoms with Crippen LogP contribution in [-0.2, 0) is 0 Å². The van der Waals surface area contributed by atoms with Crippen LogP contribution < -0.4 is 5.32 Å². The number of aliphatic hydroxyl groups is 1. The molecule has 2 aliphatic carbocycles. The maximum atomic E-state index is 9.66. The highest BCUT2D eigenvalue weighted by Gasteiger charge is 2.37. The van der Waals surface area contributed by atoms with E-state index >= 15 is 0 Å². The molecule has 0 aromatic carbocycles. The highest BCUT2D eigenvalue weighted by molar-refractivity contribution is 4.97. The maximum Gasteiger partial charge on any atom is 0.0623 e. The summed E-state index contributed by atoms with van der Waals surface area (Å²) in [5.41, 5.74) is -0.112. The van der Waals surface area contributed by atoms with Gasteiger partial charge in [-0.3, -0.25) is 4.90 Å². The van der Waals surface area contributed by atoms with Crippen molar-refractivity contribution in [2.75, 3.05) is 19.7 Å². The van der Waals surface area contributed by atoms with Crippen LogP contribution >= 0.6 is 0 Å². The van der Waals surface area contributed by atoms with E-state index in [0.717, 1.165) is 19.1 Å². The average Bonchev–Trinajstić information content (AvgIpc) is 3.10. The molecule has 0 amide bonds. The van der Waals surface area contributed by atoms with Crippen LogP contribution in [0.5, 0.6) is 0 Å². The van der Waals surface area contributed by atoms with Gasteiger partial charge in [0.2, 0.25) is 0 Å². The van der Waals surface area contributed by atoms with Gasteiger partial charge < -0.3 is 10.4 Å². The van der Waals surface area contributed by atoms with Gasteiger partial charge in [-0.1, -0.05) is 13.8 Å². The van der Waals surface area contributed by atoms with Crippen molar-refractivity contribution >= 4 is 0 Å². The first kappa shape index (κ1) is 13.3. The number of hydrogen-bond donors (Lipinski definition) is 2. The molecule has 0 radical (unpaired) electrons. The second-order valence-corrected chi connectivity index (χ2v) is 6.69. The third kappa shape index (κ3) is 4.23. The predicted octanol–water partition coefficient (Wildman–Crippen LogP) is 1.61. The zero-order valence-electron chi connectivity index (χ0n) is 11.6. The SMILES string of the molecule is CC(C)CN(CC(C)(CO)NC1CC1)C1CC1. The standard InChI is InChI=1S/C14H28N2O/c1-11(2)8-16(13-6-7-13)9-14(3,10-17)15-12-4-5-12/h11-13,15,17H,4-10H2,1-3H3. The summed E-state index contributed by atoms with van der Waals surface area (Å²) in [5.74, 6) is 0.708. The summed E-state index contributed by atoms with van der Waals surface area (Å²) >= 11 is 0. The molecular formula is C14H28N2O. The third-order valence-electron chi connectivity index (χ3n) is 3.69. The Morgan fingerprint density at radius 1 is 1.29 bits per heavy atom. The molecule has 2 saturated carbocycles. The molecule has 3 heteroatoms. The second kappa shape index (κ2) is 5.25. The number of rotatable bonds is 8. The zero-order valence-corrected chi connectivity index (χ0v) is 11.6. The van der Waals surface area contributed by atoms with Gasteiger partial charge >= 0.3 is 0 Å². The lowest BCUT2D eigenvalue weighted by atomic mass is 10.0. The molecule has 0 saturated heterocycles. The van der Waals surface area contributed by atoms with Gasteiger partial charge in [-0.05, 0) is 38.5 Å². The van der Waals surface area contributed by atoms with Crippen LogP contribution in [0.15, 0.2) is 0 Å². The van der Waals surface area contributed by atoms with E-state index in [1.54, 1.807) is 0 Å². The fraction of sp³-hybridized carbons (Fsp3) is 1.00. The summed E-state index contributed by atoms with van der Waals surface area (Å²) in [6.07, 6.45) is 5.25. The lowest BCUT2D eigenvalue weighted by Crippen LogP contribution is -2.55. The third-order valence-corrected chi connectivity index (χ3v) is 3.69. The van der Waals surface area contributed by atoms with Crippen molar-refractivity contribution < 1.29 is 5.11 Å². The fourth-order valence-electron chi connectivity index (χ4n) is 2.56. The minimum absolute atomic E-state index is 0.112. The van der Waals surface area contributed by atoms with Gasteiger partial charge in [0.15, 0.2) is 0 Å². The Morgan fingerprint density at radius 3 is 2.35 bits per heavy atom. The predicted molar refractivity (Wildman–Crippen MR) is 71.1 cm³/mol. The molecule has 0 bridgehead atoms. The molecule has 1 atom stereocenters. The van der Waals surface area contributed by atoms with E-state index in [0.29, 0.717) is 12.0 Å². The molecule has 2 aliphatic rings. The van der Waals surface area contributed by atoms with Gasteiger partial charge in [-0.2, -0.15) is 0 Å². The van der Waals surface area contributed by atoms with E-state index in [1.165, 1.54) is 25.7 Å². The minimum atomic E-state index is -0.112. The molecule has 0 aliphatic heterocycles. The van der Waals surface area contributed by atoms with Gasteiger partial charge in [0.1, 0.15) is 0 Å². The van der Waals surface area contributed by atoms with E-state index in [2.05, 4.69) is 31.0 Å². The Hall–Kier alpha value is -0.120. The van der Waals surface area contributed by atoms with Crippen molar-refractivity contribution in [2.45, 2.75) is 64.1 Å². The van der Waals surface area contributed by atoms with Gasteiger partial charge in [-0.15, -0.1) is 0 Å². The number of aliphatic hydroxyl groups excluding tert-OH is 1. The van der Waals surface area contributed by atoms with Crippen molar-refractivity contribution in [1.29, 1.82) is 0 Å². The smallest absolute Gasteiger partial charge is 0.0623 e. The Labute approximate surface area is 106 Å². The summed E-state index contributed by atoms with van der Waals surface area (Å²) in [4.78, 5) is 2.58. The van der Waals surface area contributed by atoms with Crippen molar-refractivity contribution in [2.24, 2.45) is 5.92 Å². The summed E-state index contributed by atoms with van der Waals surface area (Å²) < 4.78 is 0. The van der Waals surface area contributed by atoms with Crippen LogP contribution in [0.25, 0.3) is 0 Å². The van der Waals surface area contributed by atoms with Crippen molar-refractivity contribution in [3.63, 3.8) is 0 Å². The summed E-state index contributed by atoms with van der Waals surface area (Å²) in [5, 5.41) is 13.3. The molecule has 3 nitrogen and oxygen atoms in total. The first-order valence-electron chi connectivity index (χ1n) is 7.15. The second-order valence-electron chi connectivity index (χ2n) is 6.69. The van der Waals surface area contributed by atoms with Gasteiger partial charge in [-0.25, -0.2) is 0 Å². The van der Waals surface area contributed by atoms with Gasteiger partial charge in [0, 0.05) is 25.2 Å². The van der Waals surface area contributed by atoms with E-state index < -0.39 is 0 Å². The molecular weight excluding hydrogens is 212 g/mol. The van der Waals surface area contributed by atoms with Crippen molar-refractivity contribution in [3.8, 4) is 0 Å². The average molecular weight is 240 g/mol. The van der Waals surface area contributed by atoms with Crippen LogP contribution in [0.2, 0.25) is 0 Å². The van der Waals surface area contributed by atoms with Crippen LogP contribution in [0.4, 0.5) is 0 Å². The highest BCUT2D eigenvalue weighted by atomic mass is 16.3. The van der Waals surface area contributed by atoms with Crippen LogP contribution in [0.1, 0.15) is 46.5 Å². The summed E-state index contributed by atoms with van der Waals surface area (Å²) in [6.45, 7) is 9.11. The highest BCUT2D eigenvalue weighted by Crippen LogP contribution is 2.30. The Balaban J connectivity index is 1.88. The van der Waals surface area contributed by atoms with Crippen molar-refractivity contribution in [3.05, 3.63) is 0 Å². The molecule has 1 unspecified atom stereocenters. The monoisotopic (exact) mass is 240 g/mol. The summed E-state index contributed by atoms with van der Waals surface area (Å²) in [7, 11) is 0. The molecule has 2 fully saturated rings. The molecule has 0 aromatic heterocycles. The molecule has 0 spiro atoms. The summed E-state index contributed by atoms with van der Waals surface area (Å²) in [6, 6.07) is 1.44. The molecule has 0 heterocycles. The van der Waals surface area contributed by atoms with E-state index in [4.69, 9.17) is 0 Å². The molecule has 2 N–H and O–H groups in total. The fourth-order valence-corrected chi connectivity index (χ4v) is 2.56. The molecule has 17 heavy (non-hydrogen) atoms. The quantitative estimate of drug-likeness (QED) is 0.676. The Morgan fingerprint density at radius 2 is 1.94 bits per heavy atom. The topological polar surface area (TPSA) is 35.5 Å². The first-order valence-corrected chi connectivity index (χ1v) is 7.15. The number of nitrogens with one attached hydrogen (secondary N) is 1. The Bertz CT molecular complexity index is 249. The molecule has 0 aromatic rings. The van der Waals surface area contributed by atoms with Crippen LogP contribution in [0, 0.1) is 5.92 Å². The van der Waals surface area contributed by atoms with E-state index in [9.17, 15) is 5.11 Å². The molecule has 2 rings (SSSR count).